The Labute approximate surface area is 104 Å². The molecular formula is C15H23NO. The van der Waals surface area contributed by atoms with Gasteiger partial charge in [0.15, 0.2) is 0 Å². The summed E-state index contributed by atoms with van der Waals surface area (Å²) in [6.07, 6.45) is 6.66. The van der Waals surface area contributed by atoms with Gasteiger partial charge in [-0.15, -0.1) is 0 Å². The van der Waals surface area contributed by atoms with Crippen LogP contribution in [0.3, 0.4) is 0 Å². The summed E-state index contributed by atoms with van der Waals surface area (Å²) in [5.41, 5.74) is 1.90. The minimum absolute atomic E-state index is 0.412. The van der Waals surface area contributed by atoms with Crippen molar-refractivity contribution in [3.63, 3.8) is 0 Å². The highest BCUT2D eigenvalue weighted by atomic mass is 16.5. The van der Waals surface area contributed by atoms with Crippen molar-refractivity contribution in [1.82, 2.24) is 5.32 Å². The Kier molecular flexibility index (Phi) is 4.06. The first-order valence-corrected chi connectivity index (χ1v) is 6.60. The lowest BCUT2D eigenvalue weighted by Crippen LogP contribution is -2.27. The number of benzene rings is 1. The highest BCUT2D eigenvalue weighted by molar-refractivity contribution is 5.33. The predicted octanol–water partition coefficient (Wildman–Crippen LogP) is 3.12. The Morgan fingerprint density at radius 3 is 2.35 bits per heavy atom. The summed E-state index contributed by atoms with van der Waals surface area (Å²) in [6.45, 7) is 1.10. The number of ether oxygens (including phenoxy) is 1. The summed E-state index contributed by atoms with van der Waals surface area (Å²) < 4.78 is 5.23. The Morgan fingerprint density at radius 1 is 1.18 bits per heavy atom. The standard InChI is InChI=1S/C15H23NO/c1-16-12-11-15(9-3-4-10-15)13-5-7-14(17-2)8-6-13/h5-8,16H,3-4,9-12H2,1-2H3. The molecular weight excluding hydrogens is 210 g/mol. The fourth-order valence-corrected chi connectivity index (χ4v) is 3.04. The van der Waals surface area contributed by atoms with Gasteiger partial charge in [0.05, 0.1) is 7.11 Å². The third-order valence-electron chi connectivity index (χ3n) is 4.12. The van der Waals surface area contributed by atoms with Crippen molar-refractivity contribution in [3.8, 4) is 5.75 Å². The highest BCUT2D eigenvalue weighted by Crippen LogP contribution is 2.43. The van der Waals surface area contributed by atoms with Gasteiger partial charge in [-0.3, -0.25) is 0 Å². The normalized spacial score (nSPS) is 18.2. The second-order valence-electron chi connectivity index (χ2n) is 5.07. The van der Waals surface area contributed by atoms with Crippen LogP contribution in [0.4, 0.5) is 0 Å². The van der Waals surface area contributed by atoms with Gasteiger partial charge < -0.3 is 10.1 Å². The van der Waals surface area contributed by atoms with E-state index in [1.165, 1.54) is 37.7 Å². The minimum Gasteiger partial charge on any atom is -0.497 e. The first-order valence-electron chi connectivity index (χ1n) is 6.60. The Bertz CT molecular complexity index is 338. The molecule has 0 amide bonds. The van der Waals surface area contributed by atoms with E-state index in [9.17, 15) is 0 Å². The smallest absolute Gasteiger partial charge is 0.118 e. The van der Waals surface area contributed by atoms with Gasteiger partial charge in [-0.1, -0.05) is 25.0 Å². The number of nitrogens with one attached hydrogen (secondary N) is 1. The molecule has 1 N–H and O–H groups in total. The zero-order chi connectivity index (χ0) is 12.1. The molecule has 2 rings (SSSR count). The van der Waals surface area contributed by atoms with Crippen molar-refractivity contribution < 1.29 is 4.74 Å². The monoisotopic (exact) mass is 233 g/mol. The molecule has 1 saturated carbocycles. The minimum atomic E-state index is 0.412. The van der Waals surface area contributed by atoms with Crippen molar-refractivity contribution in [2.75, 3.05) is 20.7 Å². The van der Waals surface area contributed by atoms with E-state index in [1.54, 1.807) is 7.11 Å². The van der Waals surface area contributed by atoms with Gasteiger partial charge in [-0.05, 0) is 56.0 Å². The third-order valence-corrected chi connectivity index (χ3v) is 4.12. The first-order chi connectivity index (χ1) is 8.30. The molecule has 94 valence electrons. The van der Waals surface area contributed by atoms with E-state index in [4.69, 9.17) is 4.74 Å². The van der Waals surface area contributed by atoms with E-state index in [2.05, 4.69) is 29.6 Å². The van der Waals surface area contributed by atoms with Crippen LogP contribution in [0.5, 0.6) is 5.75 Å². The molecule has 1 aliphatic rings. The Morgan fingerprint density at radius 2 is 1.82 bits per heavy atom. The fraction of sp³-hybridized carbons (Fsp3) is 0.600. The molecule has 0 heterocycles. The van der Waals surface area contributed by atoms with Gasteiger partial charge in [0.25, 0.3) is 0 Å². The van der Waals surface area contributed by atoms with E-state index in [1.807, 2.05) is 7.05 Å². The third kappa shape index (κ3) is 2.63. The van der Waals surface area contributed by atoms with Crippen molar-refractivity contribution in [1.29, 1.82) is 0 Å². The molecule has 2 nitrogen and oxygen atoms in total. The van der Waals surface area contributed by atoms with E-state index >= 15 is 0 Å². The van der Waals surface area contributed by atoms with Crippen LogP contribution in [-0.4, -0.2) is 20.7 Å². The predicted molar refractivity (Wildman–Crippen MR) is 71.7 cm³/mol. The average Bonchev–Trinajstić information content (AvgIpc) is 2.86. The molecule has 0 bridgehead atoms. The van der Waals surface area contributed by atoms with Crippen LogP contribution < -0.4 is 10.1 Å². The molecule has 1 aliphatic carbocycles. The SMILES string of the molecule is CNCCC1(c2ccc(OC)cc2)CCCC1. The molecule has 0 atom stereocenters. The van der Waals surface area contributed by atoms with Crippen molar-refractivity contribution in [2.45, 2.75) is 37.5 Å². The van der Waals surface area contributed by atoms with Gasteiger partial charge >= 0.3 is 0 Å². The van der Waals surface area contributed by atoms with E-state index < -0.39 is 0 Å². The van der Waals surface area contributed by atoms with E-state index in [0.29, 0.717) is 5.41 Å². The van der Waals surface area contributed by atoms with Gasteiger partial charge in [0, 0.05) is 0 Å². The number of hydrogen-bond acceptors (Lipinski definition) is 2. The van der Waals surface area contributed by atoms with Gasteiger partial charge in [-0.25, -0.2) is 0 Å². The Balaban J connectivity index is 2.19. The summed E-state index contributed by atoms with van der Waals surface area (Å²) in [6, 6.07) is 8.68. The molecule has 0 radical (unpaired) electrons. The maximum absolute atomic E-state index is 5.23. The number of rotatable bonds is 5. The van der Waals surface area contributed by atoms with Crippen LogP contribution in [0.15, 0.2) is 24.3 Å². The van der Waals surface area contributed by atoms with Crippen molar-refractivity contribution in [3.05, 3.63) is 29.8 Å². The van der Waals surface area contributed by atoms with Crippen LogP contribution in [0.2, 0.25) is 0 Å². The molecule has 0 unspecified atom stereocenters. The van der Waals surface area contributed by atoms with Crippen LogP contribution >= 0.6 is 0 Å². The maximum atomic E-state index is 5.23. The summed E-state index contributed by atoms with van der Waals surface area (Å²) >= 11 is 0. The summed E-state index contributed by atoms with van der Waals surface area (Å²) in [5.74, 6) is 0.954. The zero-order valence-electron chi connectivity index (χ0n) is 11.0. The van der Waals surface area contributed by atoms with Gasteiger partial charge in [0.1, 0.15) is 5.75 Å². The molecule has 1 aromatic carbocycles. The summed E-state index contributed by atoms with van der Waals surface area (Å²) in [5, 5.41) is 3.29. The lowest BCUT2D eigenvalue weighted by molar-refractivity contribution is 0.395. The van der Waals surface area contributed by atoms with Crippen LogP contribution in [0.25, 0.3) is 0 Å². The number of hydrogen-bond donors (Lipinski definition) is 1. The lowest BCUT2D eigenvalue weighted by atomic mass is 9.76. The summed E-state index contributed by atoms with van der Waals surface area (Å²) in [4.78, 5) is 0. The molecule has 0 aliphatic heterocycles. The topological polar surface area (TPSA) is 21.3 Å². The van der Waals surface area contributed by atoms with Crippen LogP contribution in [-0.2, 0) is 5.41 Å². The second kappa shape index (κ2) is 5.54. The zero-order valence-corrected chi connectivity index (χ0v) is 11.0. The lowest BCUT2D eigenvalue weighted by Gasteiger charge is -2.30. The summed E-state index contributed by atoms with van der Waals surface area (Å²) in [7, 11) is 3.76. The van der Waals surface area contributed by atoms with Crippen molar-refractivity contribution >= 4 is 0 Å². The molecule has 0 saturated heterocycles. The quantitative estimate of drug-likeness (QED) is 0.843. The molecule has 0 spiro atoms. The second-order valence-corrected chi connectivity index (χ2v) is 5.07. The maximum Gasteiger partial charge on any atom is 0.118 e. The fourth-order valence-electron chi connectivity index (χ4n) is 3.04. The molecule has 2 heteroatoms. The van der Waals surface area contributed by atoms with E-state index in [-0.39, 0.29) is 0 Å². The van der Waals surface area contributed by atoms with Crippen LogP contribution in [0, 0.1) is 0 Å². The highest BCUT2D eigenvalue weighted by Gasteiger charge is 2.34. The van der Waals surface area contributed by atoms with Gasteiger partial charge in [-0.2, -0.15) is 0 Å². The van der Waals surface area contributed by atoms with Crippen molar-refractivity contribution in [2.24, 2.45) is 0 Å². The molecule has 1 fully saturated rings. The Hall–Kier alpha value is -1.02. The van der Waals surface area contributed by atoms with Crippen LogP contribution in [0.1, 0.15) is 37.7 Å². The first kappa shape index (κ1) is 12.4. The average molecular weight is 233 g/mol. The molecule has 17 heavy (non-hydrogen) atoms. The molecule has 0 aromatic heterocycles. The van der Waals surface area contributed by atoms with Gasteiger partial charge in [0.2, 0.25) is 0 Å². The van der Waals surface area contributed by atoms with E-state index in [0.717, 1.165) is 12.3 Å². The molecule has 1 aromatic rings. The largest absolute Gasteiger partial charge is 0.497 e. The number of methoxy groups -OCH3 is 1.